The average molecular weight is 277 g/mol. The second-order valence-electron chi connectivity index (χ2n) is 2.78. The van der Waals surface area contributed by atoms with E-state index < -0.39 is 39.5 Å². The van der Waals surface area contributed by atoms with Gasteiger partial charge in [-0.1, -0.05) is 11.6 Å². The van der Waals surface area contributed by atoms with Gasteiger partial charge in [-0.25, -0.2) is 13.8 Å². The predicted octanol–water partition coefficient (Wildman–Crippen LogP) is 3.60. The maximum absolute atomic E-state index is 12.5. The number of hydrogen-bond donors (Lipinski definition) is 0. The van der Waals surface area contributed by atoms with Crippen LogP contribution in [0.5, 0.6) is 0 Å². The quantitative estimate of drug-likeness (QED) is 0.359. The summed E-state index contributed by atoms with van der Waals surface area (Å²) in [6.07, 6.45) is -8.67. The Morgan fingerprint density at radius 2 is 1.94 bits per heavy atom. The number of halogens is 6. The summed E-state index contributed by atoms with van der Waals surface area (Å²) >= 11 is 5.05. The van der Waals surface area contributed by atoms with Crippen molar-refractivity contribution in [3.05, 3.63) is 32.6 Å². The molecule has 0 aliphatic rings. The topological polar surface area (TPSA) is 56.0 Å². The summed E-state index contributed by atoms with van der Waals surface area (Å²) < 4.78 is 62.2. The van der Waals surface area contributed by atoms with Crippen LogP contribution in [0.15, 0.2) is 6.20 Å². The van der Waals surface area contributed by atoms with E-state index >= 15 is 0 Å². The van der Waals surface area contributed by atoms with Gasteiger partial charge in [0.15, 0.2) is 0 Å². The molecule has 1 aromatic rings. The maximum atomic E-state index is 12.5. The molecule has 0 saturated carbocycles. The molecule has 0 radical (unpaired) electrons. The van der Waals surface area contributed by atoms with Gasteiger partial charge in [0.05, 0.1) is 4.92 Å². The number of hydrogen-bond acceptors (Lipinski definition) is 3. The SMILES string of the molecule is O=[N+]([O-])c1cnc(Cl)c(C(F)(F)F)c1C(F)F. The van der Waals surface area contributed by atoms with E-state index in [1.54, 1.807) is 0 Å². The summed E-state index contributed by atoms with van der Waals surface area (Å²) in [7, 11) is 0. The van der Waals surface area contributed by atoms with Gasteiger partial charge in [-0.2, -0.15) is 13.2 Å². The van der Waals surface area contributed by atoms with Crippen LogP contribution in [0.2, 0.25) is 5.15 Å². The van der Waals surface area contributed by atoms with Crippen molar-refractivity contribution in [3.63, 3.8) is 0 Å². The van der Waals surface area contributed by atoms with Crippen LogP contribution < -0.4 is 0 Å². The van der Waals surface area contributed by atoms with Crippen molar-refractivity contribution in [2.75, 3.05) is 0 Å². The average Bonchev–Trinajstić information content (AvgIpc) is 2.14. The highest BCUT2D eigenvalue weighted by atomic mass is 35.5. The first-order valence-corrected chi connectivity index (χ1v) is 4.22. The Morgan fingerprint density at radius 1 is 1.41 bits per heavy atom. The van der Waals surface area contributed by atoms with E-state index in [-0.39, 0.29) is 6.20 Å². The number of aromatic nitrogens is 1. The number of nitro groups is 1. The third kappa shape index (κ3) is 2.60. The summed E-state index contributed by atoms with van der Waals surface area (Å²) in [6.45, 7) is 0. The Hall–Kier alpha value is -1.51. The van der Waals surface area contributed by atoms with E-state index in [4.69, 9.17) is 11.6 Å². The molecule has 10 heteroatoms. The van der Waals surface area contributed by atoms with Crippen LogP contribution in [0, 0.1) is 10.1 Å². The zero-order valence-corrected chi connectivity index (χ0v) is 8.39. The van der Waals surface area contributed by atoms with Crippen molar-refractivity contribution >= 4 is 17.3 Å². The van der Waals surface area contributed by atoms with Gasteiger partial charge < -0.3 is 0 Å². The lowest BCUT2D eigenvalue weighted by atomic mass is 10.1. The monoisotopic (exact) mass is 276 g/mol. The zero-order chi connectivity index (χ0) is 13.4. The molecule has 0 unspecified atom stereocenters. The smallest absolute Gasteiger partial charge is 0.258 e. The van der Waals surface area contributed by atoms with Gasteiger partial charge in [0, 0.05) is 0 Å². The lowest BCUT2D eigenvalue weighted by molar-refractivity contribution is -0.386. The third-order valence-electron chi connectivity index (χ3n) is 1.75. The van der Waals surface area contributed by atoms with Crippen LogP contribution >= 0.6 is 11.6 Å². The summed E-state index contributed by atoms with van der Waals surface area (Å²) in [4.78, 5) is 11.8. The number of nitrogens with zero attached hydrogens (tertiary/aromatic N) is 2. The third-order valence-corrected chi connectivity index (χ3v) is 2.04. The summed E-state index contributed by atoms with van der Waals surface area (Å²) in [5.41, 5.74) is -5.18. The molecule has 0 spiro atoms. The minimum Gasteiger partial charge on any atom is -0.258 e. The molecule has 0 bridgehead atoms. The molecule has 94 valence electrons. The van der Waals surface area contributed by atoms with Gasteiger partial charge >= 0.3 is 6.18 Å². The van der Waals surface area contributed by atoms with E-state index in [0.717, 1.165) is 0 Å². The first-order chi connectivity index (χ1) is 7.66. The van der Waals surface area contributed by atoms with Gasteiger partial charge in [0.1, 0.15) is 22.5 Å². The van der Waals surface area contributed by atoms with Crippen LogP contribution in [0.25, 0.3) is 0 Å². The van der Waals surface area contributed by atoms with E-state index in [9.17, 15) is 32.1 Å². The Morgan fingerprint density at radius 3 is 2.29 bits per heavy atom. The molecule has 0 amide bonds. The van der Waals surface area contributed by atoms with Gasteiger partial charge in [-0.3, -0.25) is 10.1 Å². The first kappa shape index (κ1) is 13.6. The molecule has 0 saturated heterocycles. The summed E-state index contributed by atoms with van der Waals surface area (Å²) in [5, 5.41) is 9.09. The molecule has 0 fully saturated rings. The molecular weight excluding hydrogens is 275 g/mol. The Labute approximate surface area is 95.2 Å². The summed E-state index contributed by atoms with van der Waals surface area (Å²) in [6, 6.07) is 0. The molecule has 1 aromatic heterocycles. The van der Waals surface area contributed by atoms with Crippen molar-refractivity contribution < 1.29 is 26.9 Å². The standard InChI is InChI=1S/C7H2ClF5N2O2/c8-5-4(7(11,12)13)3(6(9)10)2(1-14-5)15(16)17/h1,6H. The Kier molecular flexibility index (Phi) is 3.51. The predicted molar refractivity (Wildman–Crippen MR) is 45.9 cm³/mol. The minimum atomic E-state index is -5.25. The van der Waals surface area contributed by atoms with Gasteiger partial charge in [-0.05, 0) is 0 Å². The Balaban J connectivity index is 3.67. The van der Waals surface area contributed by atoms with Crippen LogP contribution in [0.4, 0.5) is 27.6 Å². The van der Waals surface area contributed by atoms with Gasteiger partial charge in [-0.15, -0.1) is 0 Å². The molecule has 0 atom stereocenters. The summed E-state index contributed by atoms with van der Waals surface area (Å²) in [5.74, 6) is 0. The largest absolute Gasteiger partial charge is 0.420 e. The second kappa shape index (κ2) is 4.40. The molecule has 17 heavy (non-hydrogen) atoms. The van der Waals surface area contributed by atoms with Crippen LogP contribution in [-0.4, -0.2) is 9.91 Å². The van der Waals surface area contributed by atoms with Crippen molar-refractivity contribution in [1.82, 2.24) is 4.98 Å². The molecule has 0 N–H and O–H groups in total. The van der Waals surface area contributed by atoms with E-state index in [1.807, 2.05) is 0 Å². The molecular formula is C7H2ClF5N2O2. The molecule has 1 heterocycles. The van der Waals surface area contributed by atoms with Crippen LogP contribution in [0.1, 0.15) is 17.6 Å². The fourth-order valence-corrected chi connectivity index (χ4v) is 1.38. The number of rotatable bonds is 2. The molecule has 4 nitrogen and oxygen atoms in total. The minimum absolute atomic E-state index is 0.263. The van der Waals surface area contributed by atoms with E-state index in [2.05, 4.69) is 4.98 Å². The van der Waals surface area contributed by atoms with E-state index in [0.29, 0.717) is 0 Å². The van der Waals surface area contributed by atoms with Crippen molar-refractivity contribution in [2.45, 2.75) is 12.6 Å². The molecule has 0 aliphatic heterocycles. The zero-order valence-electron chi connectivity index (χ0n) is 7.63. The normalized spacial score (nSPS) is 11.9. The van der Waals surface area contributed by atoms with Gasteiger partial charge in [0.25, 0.3) is 12.1 Å². The van der Waals surface area contributed by atoms with Crippen LogP contribution in [0.3, 0.4) is 0 Å². The molecule has 0 aromatic carbocycles. The number of pyridine rings is 1. The fraction of sp³-hybridized carbons (Fsp3) is 0.286. The van der Waals surface area contributed by atoms with Crippen molar-refractivity contribution in [3.8, 4) is 0 Å². The van der Waals surface area contributed by atoms with Crippen molar-refractivity contribution in [2.24, 2.45) is 0 Å². The highest BCUT2D eigenvalue weighted by Crippen LogP contribution is 2.43. The molecule has 1 rings (SSSR count). The highest BCUT2D eigenvalue weighted by molar-refractivity contribution is 6.30. The van der Waals surface area contributed by atoms with Crippen molar-refractivity contribution in [1.29, 1.82) is 0 Å². The maximum Gasteiger partial charge on any atom is 0.420 e. The lowest BCUT2D eigenvalue weighted by Gasteiger charge is -2.13. The lowest BCUT2D eigenvalue weighted by Crippen LogP contribution is -2.13. The highest BCUT2D eigenvalue weighted by Gasteiger charge is 2.43. The van der Waals surface area contributed by atoms with Gasteiger partial charge in [0.2, 0.25) is 0 Å². The number of alkyl halides is 5. The second-order valence-corrected chi connectivity index (χ2v) is 3.14. The first-order valence-electron chi connectivity index (χ1n) is 3.84. The fourth-order valence-electron chi connectivity index (χ4n) is 1.13. The molecule has 0 aliphatic carbocycles. The Bertz CT molecular complexity index is 462. The van der Waals surface area contributed by atoms with E-state index in [1.165, 1.54) is 0 Å². The van der Waals surface area contributed by atoms with Crippen LogP contribution in [-0.2, 0) is 6.18 Å².